The molecule has 0 atom stereocenters. The van der Waals surface area contributed by atoms with Gasteiger partial charge < -0.3 is 9.47 Å². The van der Waals surface area contributed by atoms with E-state index in [4.69, 9.17) is 9.47 Å². The molecule has 0 saturated carbocycles. The van der Waals surface area contributed by atoms with Crippen molar-refractivity contribution >= 4 is 22.7 Å². The van der Waals surface area contributed by atoms with E-state index in [9.17, 15) is 9.59 Å². The maximum atomic E-state index is 11.8. The molecule has 19 heavy (non-hydrogen) atoms. The Labute approximate surface area is 110 Å². The Morgan fingerprint density at radius 2 is 1.37 bits per heavy atom. The molecule has 2 aromatic carbocycles. The molecule has 0 aliphatic carbocycles. The summed E-state index contributed by atoms with van der Waals surface area (Å²) in [4.78, 5) is 23.5. The monoisotopic (exact) mass is 258 g/mol. The predicted molar refractivity (Wildman–Crippen MR) is 71.4 cm³/mol. The Hall–Kier alpha value is -2.36. The van der Waals surface area contributed by atoms with E-state index in [1.807, 2.05) is 25.1 Å². The number of carbonyl (C=O) groups is 2. The topological polar surface area (TPSA) is 52.6 Å². The van der Waals surface area contributed by atoms with Crippen LogP contribution in [0.1, 0.15) is 26.3 Å². The van der Waals surface area contributed by atoms with Crippen molar-refractivity contribution in [3.8, 4) is 0 Å². The van der Waals surface area contributed by atoms with E-state index in [1.165, 1.54) is 14.2 Å². The summed E-state index contributed by atoms with van der Waals surface area (Å²) in [6.45, 7) is 1.96. The van der Waals surface area contributed by atoms with Gasteiger partial charge in [0, 0.05) is 0 Å². The molecule has 0 aliphatic heterocycles. The quantitative estimate of drug-likeness (QED) is 0.777. The van der Waals surface area contributed by atoms with Crippen LogP contribution >= 0.6 is 0 Å². The van der Waals surface area contributed by atoms with Crippen molar-refractivity contribution in [1.82, 2.24) is 0 Å². The van der Waals surface area contributed by atoms with Gasteiger partial charge in [-0.25, -0.2) is 9.59 Å². The fraction of sp³-hybridized carbons (Fsp3) is 0.200. The summed E-state index contributed by atoms with van der Waals surface area (Å²) in [7, 11) is 2.56. The van der Waals surface area contributed by atoms with Gasteiger partial charge in [-0.3, -0.25) is 0 Å². The SMILES string of the molecule is COC(=O)c1cc2ccc(C)cc2cc1C(=O)OC. The van der Waals surface area contributed by atoms with Gasteiger partial charge in [0.15, 0.2) is 0 Å². The molecule has 2 rings (SSSR count). The van der Waals surface area contributed by atoms with Crippen LogP contribution in [0.15, 0.2) is 30.3 Å². The molecular formula is C15H14O4. The summed E-state index contributed by atoms with van der Waals surface area (Å²) in [5.41, 5.74) is 1.51. The van der Waals surface area contributed by atoms with Gasteiger partial charge in [-0.1, -0.05) is 23.8 Å². The molecule has 98 valence electrons. The highest BCUT2D eigenvalue weighted by molar-refractivity contribution is 6.07. The molecule has 0 radical (unpaired) electrons. The molecule has 0 unspecified atom stereocenters. The van der Waals surface area contributed by atoms with Crippen LogP contribution in [0.3, 0.4) is 0 Å². The summed E-state index contributed by atoms with van der Waals surface area (Å²) >= 11 is 0. The van der Waals surface area contributed by atoms with Gasteiger partial charge in [-0.2, -0.15) is 0 Å². The minimum atomic E-state index is -0.553. The zero-order valence-electron chi connectivity index (χ0n) is 11.0. The second-order valence-electron chi connectivity index (χ2n) is 4.23. The molecule has 0 N–H and O–H groups in total. The minimum absolute atomic E-state index is 0.214. The van der Waals surface area contributed by atoms with Crippen molar-refractivity contribution in [3.05, 3.63) is 47.0 Å². The van der Waals surface area contributed by atoms with Crippen molar-refractivity contribution in [1.29, 1.82) is 0 Å². The maximum Gasteiger partial charge on any atom is 0.338 e. The van der Waals surface area contributed by atoms with Crippen LogP contribution in [0, 0.1) is 6.92 Å². The number of carbonyl (C=O) groups excluding carboxylic acids is 2. The molecule has 0 spiro atoms. The Morgan fingerprint density at radius 1 is 0.842 bits per heavy atom. The first-order valence-electron chi connectivity index (χ1n) is 5.78. The molecule has 0 fully saturated rings. The number of hydrogen-bond acceptors (Lipinski definition) is 4. The van der Waals surface area contributed by atoms with Crippen LogP contribution in [0.2, 0.25) is 0 Å². The standard InChI is InChI=1S/C15H14O4/c1-9-4-5-10-7-12(14(16)18-2)13(15(17)19-3)8-11(10)6-9/h4-8H,1-3H3. The number of hydrogen-bond donors (Lipinski definition) is 0. The number of fused-ring (bicyclic) bond motifs is 1. The highest BCUT2D eigenvalue weighted by atomic mass is 16.5. The van der Waals surface area contributed by atoms with Gasteiger partial charge >= 0.3 is 11.9 Å². The van der Waals surface area contributed by atoms with Crippen molar-refractivity contribution in [3.63, 3.8) is 0 Å². The molecule has 0 saturated heterocycles. The van der Waals surface area contributed by atoms with Crippen LogP contribution in [0.4, 0.5) is 0 Å². The van der Waals surface area contributed by atoms with E-state index in [0.29, 0.717) is 0 Å². The molecule has 0 aromatic heterocycles. The Balaban J connectivity index is 2.73. The first-order chi connectivity index (χ1) is 9.06. The third-order valence-corrected chi connectivity index (χ3v) is 2.94. The van der Waals surface area contributed by atoms with Crippen molar-refractivity contribution in [2.45, 2.75) is 6.92 Å². The molecule has 0 heterocycles. The normalized spacial score (nSPS) is 10.3. The van der Waals surface area contributed by atoms with Crippen molar-refractivity contribution < 1.29 is 19.1 Å². The van der Waals surface area contributed by atoms with E-state index in [2.05, 4.69) is 0 Å². The molecule has 2 aromatic rings. The summed E-state index contributed by atoms with van der Waals surface area (Å²) in [5.74, 6) is -1.10. The smallest absolute Gasteiger partial charge is 0.338 e. The van der Waals surface area contributed by atoms with E-state index >= 15 is 0 Å². The first kappa shape index (κ1) is 13.1. The van der Waals surface area contributed by atoms with E-state index in [1.54, 1.807) is 12.1 Å². The number of ether oxygens (including phenoxy) is 2. The van der Waals surface area contributed by atoms with Gasteiger partial charge in [0.1, 0.15) is 0 Å². The highest BCUT2D eigenvalue weighted by Gasteiger charge is 2.19. The average Bonchev–Trinajstić information content (AvgIpc) is 2.44. The van der Waals surface area contributed by atoms with Crippen LogP contribution in [-0.4, -0.2) is 26.2 Å². The zero-order chi connectivity index (χ0) is 14.0. The van der Waals surface area contributed by atoms with Crippen molar-refractivity contribution in [2.24, 2.45) is 0 Å². The molecule has 4 heteroatoms. The molecule has 0 amide bonds. The summed E-state index contributed by atoms with van der Waals surface area (Å²) in [6.07, 6.45) is 0. The lowest BCUT2D eigenvalue weighted by Gasteiger charge is -2.09. The van der Waals surface area contributed by atoms with Gasteiger partial charge in [0.25, 0.3) is 0 Å². The number of benzene rings is 2. The largest absolute Gasteiger partial charge is 0.465 e. The average molecular weight is 258 g/mol. The lowest BCUT2D eigenvalue weighted by atomic mass is 9.99. The molecule has 0 aliphatic rings. The third kappa shape index (κ3) is 2.42. The zero-order valence-corrected chi connectivity index (χ0v) is 11.0. The minimum Gasteiger partial charge on any atom is -0.465 e. The third-order valence-electron chi connectivity index (χ3n) is 2.94. The Kier molecular flexibility index (Phi) is 3.51. The maximum absolute atomic E-state index is 11.8. The van der Waals surface area contributed by atoms with Crippen LogP contribution in [0.5, 0.6) is 0 Å². The first-order valence-corrected chi connectivity index (χ1v) is 5.78. The van der Waals surface area contributed by atoms with Gasteiger partial charge in [0.2, 0.25) is 0 Å². The lowest BCUT2D eigenvalue weighted by molar-refractivity contribution is 0.0555. The van der Waals surface area contributed by atoms with Crippen LogP contribution in [0.25, 0.3) is 10.8 Å². The molecule has 4 nitrogen and oxygen atoms in total. The fourth-order valence-corrected chi connectivity index (χ4v) is 1.97. The summed E-state index contributed by atoms with van der Waals surface area (Å²) in [6, 6.07) is 9.09. The predicted octanol–water partition coefficient (Wildman–Crippen LogP) is 2.72. The number of esters is 2. The van der Waals surface area contributed by atoms with Crippen LogP contribution in [-0.2, 0) is 9.47 Å². The van der Waals surface area contributed by atoms with E-state index < -0.39 is 11.9 Å². The lowest BCUT2D eigenvalue weighted by Crippen LogP contribution is -2.11. The van der Waals surface area contributed by atoms with Crippen LogP contribution < -0.4 is 0 Å². The fourth-order valence-electron chi connectivity index (χ4n) is 1.97. The number of rotatable bonds is 2. The summed E-state index contributed by atoms with van der Waals surface area (Å²) in [5, 5.41) is 1.76. The van der Waals surface area contributed by atoms with E-state index in [0.717, 1.165) is 16.3 Å². The Bertz CT molecular complexity index is 658. The Morgan fingerprint density at radius 3 is 1.89 bits per heavy atom. The van der Waals surface area contributed by atoms with Gasteiger partial charge in [-0.15, -0.1) is 0 Å². The molecular weight excluding hydrogens is 244 g/mol. The van der Waals surface area contributed by atoms with Gasteiger partial charge in [-0.05, 0) is 29.8 Å². The summed E-state index contributed by atoms with van der Waals surface area (Å²) < 4.78 is 9.40. The van der Waals surface area contributed by atoms with E-state index in [-0.39, 0.29) is 11.1 Å². The second-order valence-corrected chi connectivity index (χ2v) is 4.23. The molecule has 0 bridgehead atoms. The van der Waals surface area contributed by atoms with Crippen molar-refractivity contribution in [2.75, 3.05) is 14.2 Å². The number of methoxy groups -OCH3 is 2. The highest BCUT2D eigenvalue weighted by Crippen LogP contribution is 2.22. The second kappa shape index (κ2) is 5.10. The number of aryl methyl sites for hydroxylation is 1. The van der Waals surface area contributed by atoms with Gasteiger partial charge in [0.05, 0.1) is 25.3 Å².